The van der Waals surface area contributed by atoms with Crippen LogP contribution in [0.3, 0.4) is 0 Å². The van der Waals surface area contributed by atoms with E-state index in [0.717, 1.165) is 38.5 Å². The Hall–Kier alpha value is -1.14. The van der Waals surface area contributed by atoms with Gasteiger partial charge in [0, 0.05) is 25.2 Å². The predicted molar refractivity (Wildman–Crippen MR) is 100 cm³/mol. The fourth-order valence-corrected chi connectivity index (χ4v) is 5.08. The van der Waals surface area contributed by atoms with Crippen molar-refractivity contribution in [2.45, 2.75) is 83.2 Å². The summed E-state index contributed by atoms with van der Waals surface area (Å²) in [6.45, 7) is 6.66. The zero-order valence-corrected chi connectivity index (χ0v) is 16.6. The van der Waals surface area contributed by atoms with E-state index < -0.39 is 11.6 Å². The van der Waals surface area contributed by atoms with Crippen LogP contribution in [0.4, 0.5) is 0 Å². The number of hydrogen-bond donors (Lipinski definition) is 1. The average molecular weight is 376 g/mol. The van der Waals surface area contributed by atoms with Gasteiger partial charge in [0.2, 0.25) is 11.6 Å². The maximum Gasteiger partial charge on any atom is 0.237 e. The number of phenols is 1. The van der Waals surface area contributed by atoms with Crippen LogP contribution in [-0.4, -0.2) is 16.7 Å². The highest BCUT2D eigenvalue weighted by molar-refractivity contribution is 5.28. The van der Waals surface area contributed by atoms with Crippen LogP contribution in [-0.2, 0) is 19.6 Å². The van der Waals surface area contributed by atoms with E-state index in [1.54, 1.807) is 12.1 Å². The maximum absolute atomic E-state index is 9.48. The molecule has 150 valence electrons. The zero-order valence-electron chi connectivity index (χ0n) is 16.6. The van der Waals surface area contributed by atoms with Crippen LogP contribution in [0.15, 0.2) is 24.3 Å². The third kappa shape index (κ3) is 3.75. The molecule has 5 heteroatoms. The third-order valence-electron chi connectivity index (χ3n) is 6.75. The second kappa shape index (κ2) is 7.36. The molecule has 1 aliphatic heterocycles. The second-order valence-electron chi connectivity index (χ2n) is 9.16. The van der Waals surface area contributed by atoms with Gasteiger partial charge in [-0.2, -0.15) is 19.6 Å². The molecular weight excluding hydrogens is 344 g/mol. The van der Waals surface area contributed by atoms with Crippen molar-refractivity contribution < 1.29 is 24.7 Å². The second-order valence-corrected chi connectivity index (χ2v) is 9.16. The van der Waals surface area contributed by atoms with Gasteiger partial charge >= 0.3 is 0 Å². The highest BCUT2D eigenvalue weighted by atomic mass is 17.4. The minimum absolute atomic E-state index is 0.277. The summed E-state index contributed by atoms with van der Waals surface area (Å²) in [5.74, 6) is 0.442. The van der Waals surface area contributed by atoms with Gasteiger partial charge in [-0.05, 0) is 54.7 Å². The molecule has 27 heavy (non-hydrogen) atoms. The van der Waals surface area contributed by atoms with E-state index in [9.17, 15) is 5.11 Å². The lowest BCUT2D eigenvalue weighted by molar-refractivity contribution is -0.671. The van der Waals surface area contributed by atoms with E-state index in [-0.39, 0.29) is 5.92 Å². The number of hydrogen-bond acceptors (Lipinski definition) is 5. The monoisotopic (exact) mass is 376 g/mol. The van der Waals surface area contributed by atoms with Crippen LogP contribution in [0, 0.1) is 17.8 Å². The zero-order chi connectivity index (χ0) is 19.1. The Morgan fingerprint density at radius 2 is 1.56 bits per heavy atom. The summed E-state index contributed by atoms with van der Waals surface area (Å²) < 4.78 is 0. The largest absolute Gasteiger partial charge is 0.508 e. The summed E-state index contributed by atoms with van der Waals surface area (Å²) >= 11 is 0. The van der Waals surface area contributed by atoms with Crippen molar-refractivity contribution in [1.82, 2.24) is 0 Å². The minimum Gasteiger partial charge on any atom is -0.508 e. The third-order valence-corrected chi connectivity index (χ3v) is 6.75. The smallest absolute Gasteiger partial charge is 0.237 e. The van der Waals surface area contributed by atoms with E-state index in [1.165, 1.54) is 12.0 Å². The van der Waals surface area contributed by atoms with E-state index in [4.69, 9.17) is 19.6 Å². The van der Waals surface area contributed by atoms with Crippen molar-refractivity contribution in [3.05, 3.63) is 29.8 Å². The van der Waals surface area contributed by atoms with Crippen LogP contribution in [0.1, 0.15) is 77.2 Å². The van der Waals surface area contributed by atoms with E-state index in [2.05, 4.69) is 20.8 Å². The predicted octanol–water partition coefficient (Wildman–Crippen LogP) is 5.44. The van der Waals surface area contributed by atoms with Gasteiger partial charge in [0.05, 0.1) is 0 Å². The fraction of sp³-hybridized carbons (Fsp3) is 0.727. The first-order valence-corrected chi connectivity index (χ1v) is 10.4. The van der Waals surface area contributed by atoms with Crippen LogP contribution in [0.5, 0.6) is 5.75 Å². The van der Waals surface area contributed by atoms with Gasteiger partial charge in [-0.25, -0.2) is 0 Å². The molecule has 5 nitrogen and oxygen atoms in total. The minimum atomic E-state index is -0.791. The number of rotatable bonds is 2. The summed E-state index contributed by atoms with van der Waals surface area (Å²) in [5.41, 5.74) is 1.25. The lowest BCUT2D eigenvalue weighted by Gasteiger charge is -2.51. The Morgan fingerprint density at radius 3 is 2.15 bits per heavy atom. The lowest BCUT2D eigenvalue weighted by atomic mass is 9.73. The van der Waals surface area contributed by atoms with Gasteiger partial charge in [0.1, 0.15) is 5.75 Å². The standard InChI is InChI=1S/C22H32O5/c1-15(2)20-9-4-16(3)14-22(20)26-24-21(25-27-22)12-10-18(11-13-21)17-5-7-19(23)8-6-17/h5-8,15-16,18,20,23H,4,9-14H2,1-3H3/t16-,18?,20+,21?,22?/m1/s1. The highest BCUT2D eigenvalue weighted by Crippen LogP contribution is 2.51. The van der Waals surface area contributed by atoms with Gasteiger partial charge in [0.15, 0.2) is 0 Å². The van der Waals surface area contributed by atoms with E-state index in [0.29, 0.717) is 23.5 Å². The van der Waals surface area contributed by atoms with Crippen molar-refractivity contribution in [3.63, 3.8) is 0 Å². The summed E-state index contributed by atoms with van der Waals surface area (Å²) in [4.78, 5) is 23.9. The molecule has 0 radical (unpaired) electrons. The molecule has 1 saturated heterocycles. The van der Waals surface area contributed by atoms with Crippen LogP contribution in [0.2, 0.25) is 0 Å². The van der Waals surface area contributed by atoms with Crippen molar-refractivity contribution in [2.24, 2.45) is 17.8 Å². The molecule has 0 unspecified atom stereocenters. The van der Waals surface area contributed by atoms with Gasteiger partial charge in [0.25, 0.3) is 0 Å². The molecular formula is C22H32O5. The molecule has 1 aromatic carbocycles. The molecule has 4 rings (SSSR count). The molecule has 2 spiro atoms. The van der Waals surface area contributed by atoms with Gasteiger partial charge in [-0.15, -0.1) is 0 Å². The Bertz CT molecular complexity index is 623. The molecule has 3 fully saturated rings. The SMILES string of the molecule is CC(C)[C@@H]1CC[C@@H](C)CC12OOC1(CCC(c3ccc(O)cc3)CC1)OO2. The van der Waals surface area contributed by atoms with Crippen LogP contribution >= 0.6 is 0 Å². The molecule has 1 heterocycles. The molecule has 3 aliphatic rings. The van der Waals surface area contributed by atoms with Crippen molar-refractivity contribution >= 4 is 0 Å². The lowest BCUT2D eigenvalue weighted by Crippen LogP contribution is -2.58. The topological polar surface area (TPSA) is 57.2 Å². The van der Waals surface area contributed by atoms with Crippen molar-refractivity contribution in [3.8, 4) is 5.75 Å². The Morgan fingerprint density at radius 1 is 0.926 bits per heavy atom. The van der Waals surface area contributed by atoms with Crippen LogP contribution < -0.4 is 0 Å². The normalized spacial score (nSPS) is 39.9. The Labute approximate surface area is 161 Å². The first-order chi connectivity index (χ1) is 12.9. The van der Waals surface area contributed by atoms with E-state index in [1.807, 2.05) is 12.1 Å². The van der Waals surface area contributed by atoms with Crippen molar-refractivity contribution in [2.75, 3.05) is 0 Å². The molecule has 2 saturated carbocycles. The van der Waals surface area contributed by atoms with Gasteiger partial charge in [-0.3, -0.25) is 0 Å². The highest BCUT2D eigenvalue weighted by Gasteiger charge is 2.56. The summed E-state index contributed by atoms with van der Waals surface area (Å²) in [7, 11) is 0. The van der Waals surface area contributed by atoms with E-state index >= 15 is 0 Å². The van der Waals surface area contributed by atoms with Gasteiger partial charge in [-0.1, -0.05) is 39.3 Å². The summed E-state index contributed by atoms with van der Waals surface area (Å²) in [6.07, 6.45) is 6.41. The quantitative estimate of drug-likeness (QED) is 0.696. The molecule has 2 aliphatic carbocycles. The molecule has 0 amide bonds. The first kappa shape index (κ1) is 19.2. The fourth-order valence-electron chi connectivity index (χ4n) is 5.08. The van der Waals surface area contributed by atoms with Crippen LogP contribution in [0.25, 0.3) is 0 Å². The maximum atomic E-state index is 9.48. The summed E-state index contributed by atoms with van der Waals surface area (Å²) in [5, 5.41) is 9.48. The first-order valence-electron chi connectivity index (χ1n) is 10.4. The molecule has 0 aromatic heterocycles. The number of phenolic OH excluding ortho intramolecular Hbond substituents is 1. The number of benzene rings is 1. The van der Waals surface area contributed by atoms with Crippen molar-refractivity contribution in [1.29, 1.82) is 0 Å². The number of aromatic hydroxyl groups is 1. The molecule has 0 bridgehead atoms. The summed E-state index contributed by atoms with van der Waals surface area (Å²) in [6, 6.07) is 7.50. The van der Waals surface area contributed by atoms with Gasteiger partial charge < -0.3 is 5.11 Å². The average Bonchev–Trinajstić information content (AvgIpc) is 2.66. The molecule has 1 N–H and O–H groups in total. The Balaban J connectivity index is 1.39. The molecule has 2 atom stereocenters. The molecule has 1 aromatic rings. The Kier molecular flexibility index (Phi) is 5.23.